The average molecular weight is 299 g/mol. The summed E-state index contributed by atoms with van der Waals surface area (Å²) in [5.74, 6) is -2.86. The average Bonchev–Trinajstić information content (AvgIpc) is 2.42. The van der Waals surface area contributed by atoms with Gasteiger partial charge in [0.1, 0.15) is 11.6 Å². The van der Waals surface area contributed by atoms with E-state index in [0.717, 1.165) is 12.5 Å². The van der Waals surface area contributed by atoms with Crippen molar-refractivity contribution in [2.45, 2.75) is 32.7 Å². The van der Waals surface area contributed by atoms with Crippen LogP contribution >= 0.6 is 0 Å². The number of rotatable bonds is 6. The lowest BCUT2D eigenvalue weighted by Gasteiger charge is -2.11. The van der Waals surface area contributed by atoms with Crippen LogP contribution in [0.4, 0.5) is 14.5 Å². The van der Waals surface area contributed by atoms with Gasteiger partial charge >= 0.3 is 0 Å². The Balaban J connectivity index is 2.51. The van der Waals surface area contributed by atoms with Gasteiger partial charge in [-0.25, -0.2) is 8.78 Å². The molecule has 5 nitrogen and oxygen atoms in total. The number of benzene rings is 1. The van der Waals surface area contributed by atoms with E-state index in [0.29, 0.717) is 6.07 Å². The van der Waals surface area contributed by atoms with Crippen LogP contribution in [0.15, 0.2) is 12.1 Å². The van der Waals surface area contributed by atoms with Crippen LogP contribution in [0.25, 0.3) is 0 Å². The van der Waals surface area contributed by atoms with Crippen molar-refractivity contribution in [2.24, 2.45) is 0 Å². The molecule has 1 aromatic carbocycles. The quantitative estimate of drug-likeness (QED) is 0.697. The normalized spacial score (nSPS) is 11.8. The molecular weight excluding hydrogens is 280 g/mol. The predicted octanol–water partition coefficient (Wildman–Crippen LogP) is 1.58. The van der Waals surface area contributed by atoms with E-state index in [9.17, 15) is 18.4 Å². The predicted molar refractivity (Wildman–Crippen MR) is 75.6 cm³/mol. The summed E-state index contributed by atoms with van der Waals surface area (Å²) >= 11 is 0. The highest BCUT2D eigenvalue weighted by molar-refractivity contribution is 5.95. The third-order valence-corrected chi connectivity index (χ3v) is 2.99. The standard InChI is InChI=1S/C14H19F2N3O2/c1-3-8(2)19-13(20)4-5-18-14(21)9-6-12(17)11(16)7-10(9)15/h6-8H,3-5,17H2,1-2H3,(H,18,21)(H,19,20). The van der Waals surface area contributed by atoms with Crippen LogP contribution in [0, 0.1) is 11.6 Å². The van der Waals surface area contributed by atoms with Crippen LogP contribution in [0.1, 0.15) is 37.0 Å². The van der Waals surface area contributed by atoms with Gasteiger partial charge < -0.3 is 16.4 Å². The molecule has 0 saturated carbocycles. The molecule has 0 fully saturated rings. The van der Waals surface area contributed by atoms with Crippen molar-refractivity contribution in [1.82, 2.24) is 10.6 Å². The van der Waals surface area contributed by atoms with E-state index < -0.39 is 17.5 Å². The zero-order valence-corrected chi connectivity index (χ0v) is 12.0. The van der Waals surface area contributed by atoms with Crippen molar-refractivity contribution in [3.63, 3.8) is 0 Å². The smallest absolute Gasteiger partial charge is 0.254 e. The van der Waals surface area contributed by atoms with Gasteiger partial charge in [0.25, 0.3) is 5.91 Å². The number of nitrogens with two attached hydrogens (primary N) is 1. The third kappa shape index (κ3) is 5.02. The van der Waals surface area contributed by atoms with E-state index >= 15 is 0 Å². The molecule has 21 heavy (non-hydrogen) atoms. The molecule has 0 aliphatic carbocycles. The van der Waals surface area contributed by atoms with Crippen molar-refractivity contribution in [1.29, 1.82) is 0 Å². The highest BCUT2D eigenvalue weighted by Gasteiger charge is 2.15. The van der Waals surface area contributed by atoms with E-state index in [4.69, 9.17) is 5.73 Å². The van der Waals surface area contributed by atoms with Crippen LogP contribution in [0.5, 0.6) is 0 Å². The summed E-state index contributed by atoms with van der Waals surface area (Å²) in [5, 5.41) is 5.13. The van der Waals surface area contributed by atoms with Gasteiger partial charge in [0.05, 0.1) is 11.3 Å². The Bertz CT molecular complexity index is 535. The number of anilines is 1. The van der Waals surface area contributed by atoms with Crippen molar-refractivity contribution in [3.8, 4) is 0 Å². The summed E-state index contributed by atoms with van der Waals surface area (Å²) in [7, 11) is 0. The van der Waals surface area contributed by atoms with Crippen LogP contribution in [-0.4, -0.2) is 24.4 Å². The van der Waals surface area contributed by atoms with Gasteiger partial charge in [-0.3, -0.25) is 9.59 Å². The fourth-order valence-electron chi connectivity index (χ4n) is 1.57. The maximum absolute atomic E-state index is 13.4. The summed E-state index contributed by atoms with van der Waals surface area (Å²) in [6.45, 7) is 3.86. The van der Waals surface area contributed by atoms with Crippen LogP contribution < -0.4 is 16.4 Å². The van der Waals surface area contributed by atoms with Gasteiger partial charge in [-0.2, -0.15) is 0 Å². The molecule has 0 radical (unpaired) electrons. The van der Waals surface area contributed by atoms with Gasteiger partial charge in [0.2, 0.25) is 5.91 Å². The number of nitrogen functional groups attached to an aromatic ring is 1. The van der Waals surface area contributed by atoms with E-state index in [2.05, 4.69) is 10.6 Å². The molecule has 0 heterocycles. The summed E-state index contributed by atoms with van der Waals surface area (Å²) in [4.78, 5) is 23.2. The number of halogens is 2. The molecule has 0 saturated heterocycles. The Kier molecular flexibility index (Phi) is 6.08. The molecule has 7 heteroatoms. The van der Waals surface area contributed by atoms with Crippen LogP contribution in [0.3, 0.4) is 0 Å². The van der Waals surface area contributed by atoms with Crippen molar-refractivity contribution >= 4 is 17.5 Å². The second-order valence-corrected chi connectivity index (χ2v) is 4.74. The minimum absolute atomic E-state index is 0.0534. The topological polar surface area (TPSA) is 84.2 Å². The van der Waals surface area contributed by atoms with E-state index in [1.807, 2.05) is 13.8 Å². The molecule has 4 N–H and O–H groups in total. The lowest BCUT2D eigenvalue weighted by atomic mass is 10.1. The van der Waals surface area contributed by atoms with Gasteiger partial charge in [0, 0.05) is 25.1 Å². The van der Waals surface area contributed by atoms with Gasteiger partial charge in [-0.05, 0) is 19.4 Å². The first-order chi connectivity index (χ1) is 9.85. The van der Waals surface area contributed by atoms with Crippen LogP contribution in [0.2, 0.25) is 0 Å². The SMILES string of the molecule is CCC(C)NC(=O)CCNC(=O)c1cc(N)c(F)cc1F. The Morgan fingerprint density at radius 2 is 1.95 bits per heavy atom. The molecule has 0 aliphatic rings. The Hall–Kier alpha value is -2.18. The molecule has 0 aliphatic heterocycles. The second kappa shape index (κ2) is 7.56. The molecule has 2 amide bonds. The molecular formula is C14H19F2N3O2. The highest BCUT2D eigenvalue weighted by atomic mass is 19.1. The lowest BCUT2D eigenvalue weighted by molar-refractivity contribution is -0.121. The monoisotopic (exact) mass is 299 g/mol. The Morgan fingerprint density at radius 1 is 1.29 bits per heavy atom. The van der Waals surface area contributed by atoms with Gasteiger partial charge in [-0.15, -0.1) is 0 Å². The molecule has 1 unspecified atom stereocenters. The fraction of sp³-hybridized carbons (Fsp3) is 0.429. The van der Waals surface area contributed by atoms with Gasteiger partial charge in [-0.1, -0.05) is 6.92 Å². The summed E-state index contributed by atoms with van der Waals surface area (Å²) < 4.78 is 26.4. The van der Waals surface area contributed by atoms with Crippen LogP contribution in [-0.2, 0) is 4.79 Å². The minimum atomic E-state index is -0.997. The molecule has 0 spiro atoms. The maximum Gasteiger partial charge on any atom is 0.254 e. The van der Waals surface area contributed by atoms with E-state index in [1.165, 1.54) is 0 Å². The summed E-state index contributed by atoms with van der Waals surface area (Å²) in [6, 6.07) is 1.54. The molecule has 1 aromatic rings. The van der Waals surface area contributed by atoms with Crippen molar-refractivity contribution in [3.05, 3.63) is 29.3 Å². The number of hydrogen-bond donors (Lipinski definition) is 3. The van der Waals surface area contributed by atoms with Crippen molar-refractivity contribution in [2.75, 3.05) is 12.3 Å². The first-order valence-electron chi connectivity index (χ1n) is 6.67. The number of amides is 2. The number of hydrogen-bond acceptors (Lipinski definition) is 3. The first-order valence-corrected chi connectivity index (χ1v) is 6.67. The zero-order valence-electron chi connectivity index (χ0n) is 12.0. The minimum Gasteiger partial charge on any atom is -0.396 e. The number of carbonyl (C=O) groups is 2. The summed E-state index contributed by atoms with van der Waals surface area (Å²) in [5.41, 5.74) is 4.63. The van der Waals surface area contributed by atoms with E-state index in [-0.39, 0.29) is 36.2 Å². The highest BCUT2D eigenvalue weighted by Crippen LogP contribution is 2.16. The van der Waals surface area contributed by atoms with Crippen molar-refractivity contribution < 1.29 is 18.4 Å². The maximum atomic E-state index is 13.4. The molecule has 1 rings (SSSR count). The largest absolute Gasteiger partial charge is 0.396 e. The van der Waals surface area contributed by atoms with E-state index in [1.54, 1.807) is 0 Å². The molecule has 1 atom stereocenters. The zero-order chi connectivity index (χ0) is 16.0. The Labute approximate surface area is 121 Å². The summed E-state index contributed by atoms with van der Waals surface area (Å²) in [6.07, 6.45) is 0.881. The molecule has 0 aromatic heterocycles. The molecule has 0 bridgehead atoms. The second-order valence-electron chi connectivity index (χ2n) is 4.74. The molecule has 116 valence electrons. The van der Waals surface area contributed by atoms with Gasteiger partial charge in [0.15, 0.2) is 0 Å². The third-order valence-electron chi connectivity index (χ3n) is 2.99. The first kappa shape index (κ1) is 16.9. The number of carbonyl (C=O) groups excluding carboxylic acids is 2. The Morgan fingerprint density at radius 3 is 2.57 bits per heavy atom. The fourth-order valence-corrected chi connectivity index (χ4v) is 1.57. The number of nitrogens with one attached hydrogen (secondary N) is 2. The lowest BCUT2D eigenvalue weighted by Crippen LogP contribution is -2.35.